The Kier molecular flexibility index (Phi) is 2.78. The average molecular weight is 277 g/mol. The Labute approximate surface area is 111 Å². The minimum absolute atomic E-state index is 0.0671. The summed E-state index contributed by atoms with van der Waals surface area (Å²) in [6.45, 7) is -2.87. The maximum absolute atomic E-state index is 12.2. The van der Waals surface area contributed by atoms with E-state index in [0.29, 0.717) is 5.39 Å². The molecule has 6 heteroatoms. The van der Waals surface area contributed by atoms with Crippen molar-refractivity contribution >= 4 is 22.4 Å². The van der Waals surface area contributed by atoms with Gasteiger partial charge in [-0.3, -0.25) is 0 Å². The van der Waals surface area contributed by atoms with E-state index in [1.54, 1.807) is 28.7 Å². The lowest BCUT2D eigenvalue weighted by atomic mass is 10.2. The Morgan fingerprint density at radius 2 is 2.00 bits per heavy atom. The fourth-order valence-corrected chi connectivity index (χ4v) is 2.17. The van der Waals surface area contributed by atoms with Gasteiger partial charge in [0.15, 0.2) is 0 Å². The van der Waals surface area contributed by atoms with Crippen LogP contribution in [0.15, 0.2) is 42.6 Å². The zero-order valence-electron chi connectivity index (χ0n) is 10.1. The van der Waals surface area contributed by atoms with Crippen molar-refractivity contribution in [2.24, 2.45) is 0 Å². The summed E-state index contributed by atoms with van der Waals surface area (Å²) >= 11 is 0. The van der Waals surface area contributed by atoms with Crippen LogP contribution in [-0.2, 0) is 0 Å². The molecule has 20 heavy (non-hydrogen) atoms. The third kappa shape index (κ3) is 2.05. The van der Waals surface area contributed by atoms with Gasteiger partial charge in [-0.1, -0.05) is 6.07 Å². The number of alkyl halides is 2. The van der Waals surface area contributed by atoms with Crippen LogP contribution in [0.4, 0.5) is 8.78 Å². The van der Waals surface area contributed by atoms with Gasteiger partial charge in [0.25, 0.3) is 0 Å². The van der Waals surface area contributed by atoms with E-state index in [1.807, 2.05) is 0 Å². The molecule has 0 aliphatic carbocycles. The lowest BCUT2D eigenvalue weighted by molar-refractivity contribution is -0.0497. The lowest BCUT2D eigenvalue weighted by Gasteiger charge is -2.07. The molecule has 2 heterocycles. The second-order valence-corrected chi connectivity index (χ2v) is 4.26. The molecule has 3 aromatic rings. The smallest absolute Gasteiger partial charge is 0.387 e. The number of rotatable bonds is 3. The maximum Gasteiger partial charge on any atom is 0.387 e. The first-order valence-electron chi connectivity index (χ1n) is 5.77. The molecule has 0 bridgehead atoms. The highest BCUT2D eigenvalue weighted by Crippen LogP contribution is 2.24. The summed E-state index contributed by atoms with van der Waals surface area (Å²) in [5.41, 5.74) is 1.61. The summed E-state index contributed by atoms with van der Waals surface area (Å²) in [4.78, 5) is 11.0. The molecule has 1 aromatic carbocycles. The van der Waals surface area contributed by atoms with Crippen molar-refractivity contribution in [2.75, 3.05) is 0 Å². The van der Waals surface area contributed by atoms with Crippen molar-refractivity contribution in [1.29, 1.82) is 0 Å². The van der Waals surface area contributed by atoms with E-state index in [0.717, 1.165) is 11.0 Å². The molecule has 0 amide bonds. The van der Waals surface area contributed by atoms with Crippen molar-refractivity contribution in [3.63, 3.8) is 0 Å². The SMILES string of the molecule is O=C(O)c1cc2ccc3cc(OC(F)F)ccc3n2c1. The van der Waals surface area contributed by atoms with Crippen LogP contribution in [0.2, 0.25) is 0 Å². The molecular weight excluding hydrogens is 268 g/mol. The molecule has 0 fully saturated rings. The first-order valence-corrected chi connectivity index (χ1v) is 5.77. The minimum atomic E-state index is -2.87. The topological polar surface area (TPSA) is 50.9 Å². The highest BCUT2D eigenvalue weighted by atomic mass is 19.3. The molecule has 0 aliphatic rings. The van der Waals surface area contributed by atoms with Gasteiger partial charge < -0.3 is 14.2 Å². The Morgan fingerprint density at radius 3 is 2.70 bits per heavy atom. The highest BCUT2D eigenvalue weighted by Gasteiger charge is 2.10. The van der Waals surface area contributed by atoms with Crippen LogP contribution >= 0.6 is 0 Å². The van der Waals surface area contributed by atoms with Gasteiger partial charge in [0.2, 0.25) is 0 Å². The number of aromatic nitrogens is 1. The molecule has 0 saturated carbocycles. The van der Waals surface area contributed by atoms with Crippen LogP contribution in [0.5, 0.6) is 5.75 Å². The van der Waals surface area contributed by atoms with E-state index in [4.69, 9.17) is 5.11 Å². The maximum atomic E-state index is 12.2. The summed E-state index contributed by atoms with van der Waals surface area (Å²) in [6, 6.07) is 9.53. The predicted molar refractivity (Wildman–Crippen MR) is 68.5 cm³/mol. The summed E-state index contributed by atoms with van der Waals surface area (Å²) < 4.78 is 30.4. The fraction of sp³-hybridized carbons (Fsp3) is 0.0714. The van der Waals surface area contributed by atoms with Gasteiger partial charge in [0.05, 0.1) is 11.1 Å². The summed E-state index contributed by atoms with van der Waals surface area (Å²) in [5.74, 6) is -0.947. The van der Waals surface area contributed by atoms with Crippen molar-refractivity contribution in [2.45, 2.75) is 6.61 Å². The Morgan fingerprint density at radius 1 is 1.20 bits per heavy atom. The Hall–Kier alpha value is -2.63. The monoisotopic (exact) mass is 277 g/mol. The van der Waals surface area contributed by atoms with E-state index in [9.17, 15) is 13.6 Å². The number of ether oxygens (including phenoxy) is 1. The van der Waals surface area contributed by atoms with Gasteiger partial charge in [0, 0.05) is 17.1 Å². The zero-order valence-corrected chi connectivity index (χ0v) is 10.1. The van der Waals surface area contributed by atoms with Crippen LogP contribution in [0.25, 0.3) is 16.4 Å². The predicted octanol–water partition coefficient (Wildman–Crippen LogP) is 3.39. The van der Waals surface area contributed by atoms with Gasteiger partial charge in [0.1, 0.15) is 5.75 Å². The Bertz CT molecular complexity index is 811. The second kappa shape index (κ2) is 4.48. The number of carboxylic acids is 1. The quantitative estimate of drug-likeness (QED) is 0.798. The molecule has 4 nitrogen and oxygen atoms in total. The molecule has 102 valence electrons. The number of carbonyl (C=O) groups is 1. The first-order chi connectivity index (χ1) is 9.54. The number of fused-ring (bicyclic) bond motifs is 3. The molecule has 0 unspecified atom stereocenters. The number of nitrogens with zero attached hydrogens (tertiary/aromatic N) is 1. The van der Waals surface area contributed by atoms with Gasteiger partial charge >= 0.3 is 12.6 Å². The van der Waals surface area contributed by atoms with Crippen LogP contribution in [0.1, 0.15) is 10.4 Å². The lowest BCUT2D eigenvalue weighted by Crippen LogP contribution is -2.01. The highest BCUT2D eigenvalue weighted by molar-refractivity contribution is 5.92. The molecule has 1 N–H and O–H groups in total. The molecule has 3 rings (SSSR count). The van der Waals surface area contributed by atoms with E-state index < -0.39 is 12.6 Å². The number of hydrogen-bond acceptors (Lipinski definition) is 2. The van der Waals surface area contributed by atoms with Gasteiger partial charge in [-0.2, -0.15) is 8.78 Å². The van der Waals surface area contributed by atoms with Gasteiger partial charge in [-0.15, -0.1) is 0 Å². The Balaban J connectivity index is 2.18. The molecule has 0 atom stereocenters. The molecule has 0 radical (unpaired) electrons. The van der Waals surface area contributed by atoms with Crippen molar-refractivity contribution in [3.05, 3.63) is 48.2 Å². The number of pyridine rings is 1. The average Bonchev–Trinajstić information content (AvgIpc) is 2.82. The fourth-order valence-electron chi connectivity index (χ4n) is 2.17. The number of benzene rings is 1. The van der Waals surface area contributed by atoms with Crippen LogP contribution in [-0.4, -0.2) is 22.1 Å². The molecule has 0 spiro atoms. The van der Waals surface area contributed by atoms with E-state index in [1.165, 1.54) is 18.3 Å². The van der Waals surface area contributed by atoms with Crippen molar-refractivity contribution in [1.82, 2.24) is 4.40 Å². The summed E-state index contributed by atoms with van der Waals surface area (Å²) in [6.07, 6.45) is 1.49. The summed E-state index contributed by atoms with van der Waals surface area (Å²) in [5, 5.41) is 9.67. The van der Waals surface area contributed by atoms with Crippen LogP contribution in [0, 0.1) is 0 Å². The first kappa shape index (κ1) is 12.4. The zero-order chi connectivity index (χ0) is 14.3. The van der Waals surface area contributed by atoms with Gasteiger partial charge in [-0.25, -0.2) is 4.79 Å². The number of hydrogen-bond donors (Lipinski definition) is 1. The van der Waals surface area contributed by atoms with E-state index in [2.05, 4.69) is 4.74 Å². The van der Waals surface area contributed by atoms with Crippen LogP contribution < -0.4 is 4.74 Å². The standard InChI is InChI=1S/C14H9F2NO3/c15-14(16)20-11-3-4-12-8(6-11)1-2-10-5-9(13(18)19)7-17(10)12/h1-7,14H,(H,18,19). The second-order valence-electron chi connectivity index (χ2n) is 4.26. The third-order valence-electron chi connectivity index (χ3n) is 3.01. The molecule has 0 saturated heterocycles. The van der Waals surface area contributed by atoms with Crippen molar-refractivity contribution in [3.8, 4) is 5.75 Å². The van der Waals surface area contributed by atoms with E-state index in [-0.39, 0.29) is 11.3 Å². The third-order valence-corrected chi connectivity index (χ3v) is 3.01. The number of halogens is 2. The molecular formula is C14H9F2NO3. The largest absolute Gasteiger partial charge is 0.478 e. The van der Waals surface area contributed by atoms with E-state index >= 15 is 0 Å². The summed E-state index contributed by atoms with van der Waals surface area (Å²) in [7, 11) is 0. The number of aromatic carboxylic acids is 1. The van der Waals surface area contributed by atoms with Crippen molar-refractivity contribution < 1.29 is 23.4 Å². The molecule has 0 aliphatic heterocycles. The number of carboxylic acid groups (broad SMARTS) is 1. The molecule has 2 aromatic heterocycles. The van der Waals surface area contributed by atoms with Crippen LogP contribution in [0.3, 0.4) is 0 Å². The van der Waals surface area contributed by atoms with Gasteiger partial charge in [-0.05, 0) is 30.3 Å². The minimum Gasteiger partial charge on any atom is -0.478 e. The normalized spacial score (nSPS) is 11.3.